The van der Waals surface area contributed by atoms with Crippen molar-refractivity contribution in [3.8, 4) is 0 Å². The number of imide groups is 1. The number of amidine groups is 1. The predicted octanol–water partition coefficient (Wildman–Crippen LogP) is 1.49. The Bertz CT molecular complexity index is 512. The summed E-state index contributed by atoms with van der Waals surface area (Å²) in [6, 6.07) is 8.56. The van der Waals surface area contributed by atoms with E-state index >= 15 is 0 Å². The van der Waals surface area contributed by atoms with Crippen LogP contribution in [0.3, 0.4) is 0 Å². The third-order valence-electron chi connectivity index (χ3n) is 3.43. The fourth-order valence-corrected chi connectivity index (χ4v) is 2.31. The summed E-state index contributed by atoms with van der Waals surface area (Å²) in [6.07, 6.45) is 0.430. The summed E-state index contributed by atoms with van der Waals surface area (Å²) < 4.78 is 0. The topological polar surface area (TPSA) is 73.3 Å². The van der Waals surface area contributed by atoms with E-state index in [2.05, 4.69) is 5.32 Å². The van der Waals surface area contributed by atoms with Crippen LogP contribution < -0.4 is 5.32 Å². The largest absolute Gasteiger partial charge is 0.329 e. The Kier molecular flexibility index (Phi) is 2.90. The van der Waals surface area contributed by atoms with Crippen LogP contribution in [0.1, 0.15) is 18.9 Å². The molecule has 94 valence electrons. The molecule has 0 saturated carbocycles. The molecular weight excluding hydrogens is 230 g/mol. The van der Waals surface area contributed by atoms with Crippen molar-refractivity contribution in [3.63, 3.8) is 0 Å². The monoisotopic (exact) mass is 245 g/mol. The first-order chi connectivity index (χ1) is 8.54. The van der Waals surface area contributed by atoms with Crippen molar-refractivity contribution >= 4 is 17.8 Å². The second kappa shape index (κ2) is 4.25. The first kappa shape index (κ1) is 12.3. The maximum absolute atomic E-state index is 12.4. The zero-order valence-electron chi connectivity index (χ0n) is 10.4. The summed E-state index contributed by atoms with van der Waals surface area (Å²) in [4.78, 5) is 25.0. The van der Waals surface area contributed by atoms with Crippen LogP contribution in [-0.4, -0.2) is 29.7 Å². The first-order valence-electron chi connectivity index (χ1n) is 5.77. The normalized spacial score (nSPS) is 24.1. The van der Waals surface area contributed by atoms with Gasteiger partial charge in [-0.3, -0.25) is 20.4 Å². The molecule has 2 N–H and O–H groups in total. The third-order valence-corrected chi connectivity index (χ3v) is 3.43. The van der Waals surface area contributed by atoms with Crippen LogP contribution >= 0.6 is 0 Å². The van der Waals surface area contributed by atoms with Gasteiger partial charge >= 0.3 is 6.03 Å². The minimum Gasteiger partial charge on any atom is -0.295 e. The Morgan fingerprint density at radius 3 is 2.44 bits per heavy atom. The van der Waals surface area contributed by atoms with Crippen molar-refractivity contribution in [2.75, 3.05) is 7.05 Å². The summed E-state index contributed by atoms with van der Waals surface area (Å²) >= 11 is 0. The van der Waals surface area contributed by atoms with E-state index in [9.17, 15) is 9.59 Å². The number of likely N-dealkylation sites (N-methyl/N-ethyl adjacent to an activating group) is 1. The van der Waals surface area contributed by atoms with Gasteiger partial charge in [-0.1, -0.05) is 37.3 Å². The molecule has 1 aliphatic rings. The third kappa shape index (κ3) is 1.51. The molecule has 1 aliphatic heterocycles. The van der Waals surface area contributed by atoms with Crippen LogP contribution in [0.4, 0.5) is 4.79 Å². The van der Waals surface area contributed by atoms with Crippen molar-refractivity contribution in [1.82, 2.24) is 10.2 Å². The van der Waals surface area contributed by atoms with E-state index in [4.69, 9.17) is 5.41 Å². The van der Waals surface area contributed by atoms with Crippen LogP contribution in [0.5, 0.6) is 0 Å². The zero-order valence-corrected chi connectivity index (χ0v) is 10.4. The molecule has 1 atom stereocenters. The van der Waals surface area contributed by atoms with Crippen LogP contribution in [0, 0.1) is 5.41 Å². The molecule has 0 unspecified atom stereocenters. The van der Waals surface area contributed by atoms with Crippen LogP contribution in [0.15, 0.2) is 30.3 Å². The second-order valence-corrected chi connectivity index (χ2v) is 4.29. The van der Waals surface area contributed by atoms with Crippen molar-refractivity contribution in [2.45, 2.75) is 18.8 Å². The van der Waals surface area contributed by atoms with Crippen molar-refractivity contribution in [2.24, 2.45) is 0 Å². The molecule has 0 bridgehead atoms. The van der Waals surface area contributed by atoms with Gasteiger partial charge in [-0.05, 0) is 12.0 Å². The van der Waals surface area contributed by atoms with Gasteiger partial charge in [-0.25, -0.2) is 4.79 Å². The van der Waals surface area contributed by atoms with Crippen LogP contribution in [0.2, 0.25) is 0 Å². The van der Waals surface area contributed by atoms with Crippen LogP contribution in [-0.2, 0) is 10.2 Å². The lowest BCUT2D eigenvalue weighted by atomic mass is 9.74. The van der Waals surface area contributed by atoms with E-state index in [1.165, 1.54) is 7.05 Å². The first-order valence-corrected chi connectivity index (χ1v) is 5.77. The van der Waals surface area contributed by atoms with E-state index in [1.807, 2.05) is 25.1 Å². The van der Waals surface area contributed by atoms with Gasteiger partial charge in [-0.2, -0.15) is 0 Å². The molecule has 1 aromatic carbocycles. The maximum atomic E-state index is 12.4. The average Bonchev–Trinajstić information content (AvgIpc) is 2.39. The zero-order chi connectivity index (χ0) is 13.3. The molecule has 18 heavy (non-hydrogen) atoms. The summed E-state index contributed by atoms with van der Waals surface area (Å²) in [5.41, 5.74) is -0.349. The molecule has 0 spiro atoms. The molecule has 0 radical (unpaired) electrons. The number of urea groups is 1. The number of nitrogens with zero attached hydrogens (tertiary/aromatic N) is 1. The highest BCUT2D eigenvalue weighted by Crippen LogP contribution is 2.32. The Hall–Kier alpha value is -2.17. The smallest absolute Gasteiger partial charge is 0.295 e. The number of hydrogen-bond donors (Lipinski definition) is 2. The van der Waals surface area contributed by atoms with E-state index in [0.29, 0.717) is 6.42 Å². The SMILES string of the molecule is CC[C@]1(c2ccccc2)C(=N)NC(=O)N(C)C1=O. The number of rotatable bonds is 2. The molecule has 0 aromatic heterocycles. The molecule has 1 saturated heterocycles. The summed E-state index contributed by atoms with van der Waals surface area (Å²) in [5, 5.41) is 10.5. The Morgan fingerprint density at radius 2 is 1.89 bits per heavy atom. The minimum atomic E-state index is -1.08. The lowest BCUT2D eigenvalue weighted by molar-refractivity contribution is -0.131. The van der Waals surface area contributed by atoms with E-state index < -0.39 is 11.4 Å². The average molecular weight is 245 g/mol. The second-order valence-electron chi connectivity index (χ2n) is 4.29. The van der Waals surface area contributed by atoms with E-state index in [-0.39, 0.29) is 11.7 Å². The van der Waals surface area contributed by atoms with Gasteiger partial charge in [-0.15, -0.1) is 0 Å². The Morgan fingerprint density at radius 1 is 1.28 bits per heavy atom. The number of carbonyl (C=O) groups excluding carboxylic acids is 2. The number of hydrogen-bond acceptors (Lipinski definition) is 3. The highest BCUT2D eigenvalue weighted by atomic mass is 16.2. The van der Waals surface area contributed by atoms with Gasteiger partial charge in [0.2, 0.25) is 5.91 Å². The molecule has 1 fully saturated rings. The van der Waals surface area contributed by atoms with Crippen molar-refractivity contribution in [1.29, 1.82) is 5.41 Å². The number of carbonyl (C=O) groups is 2. The quantitative estimate of drug-likeness (QED) is 0.828. The highest BCUT2D eigenvalue weighted by Gasteiger charge is 2.50. The Balaban J connectivity index is 2.58. The molecule has 1 aromatic rings. The van der Waals surface area contributed by atoms with Gasteiger partial charge < -0.3 is 0 Å². The molecule has 5 nitrogen and oxygen atoms in total. The molecular formula is C13H15N3O2. The van der Waals surface area contributed by atoms with Crippen molar-refractivity contribution in [3.05, 3.63) is 35.9 Å². The number of benzene rings is 1. The molecule has 5 heteroatoms. The molecule has 1 heterocycles. The summed E-state index contributed by atoms with van der Waals surface area (Å²) in [7, 11) is 1.43. The van der Waals surface area contributed by atoms with Crippen LogP contribution in [0.25, 0.3) is 0 Å². The molecule has 3 amide bonds. The maximum Gasteiger partial charge on any atom is 0.329 e. The van der Waals surface area contributed by atoms with Gasteiger partial charge in [0, 0.05) is 7.05 Å². The fourth-order valence-electron chi connectivity index (χ4n) is 2.31. The summed E-state index contributed by atoms with van der Waals surface area (Å²) in [6.45, 7) is 1.84. The summed E-state index contributed by atoms with van der Waals surface area (Å²) in [5.74, 6) is -0.408. The lowest BCUT2D eigenvalue weighted by Gasteiger charge is -2.39. The standard InChI is InChI=1S/C13H15N3O2/c1-3-13(9-7-5-4-6-8-9)10(14)15-12(18)16(2)11(13)17/h4-8H,3H2,1-2H3,(H2,14,15,18)/t13-/m0/s1. The van der Waals surface area contributed by atoms with E-state index in [0.717, 1.165) is 10.5 Å². The highest BCUT2D eigenvalue weighted by molar-refractivity contribution is 6.23. The van der Waals surface area contributed by atoms with Gasteiger partial charge in [0.25, 0.3) is 0 Å². The van der Waals surface area contributed by atoms with Gasteiger partial charge in [0.05, 0.1) is 0 Å². The fraction of sp³-hybridized carbons (Fsp3) is 0.308. The number of amides is 3. The van der Waals surface area contributed by atoms with Crippen molar-refractivity contribution < 1.29 is 9.59 Å². The van der Waals surface area contributed by atoms with E-state index in [1.54, 1.807) is 12.1 Å². The number of nitrogens with one attached hydrogen (secondary N) is 2. The lowest BCUT2D eigenvalue weighted by Crippen LogP contribution is -2.64. The predicted molar refractivity (Wildman–Crippen MR) is 67.4 cm³/mol. The van der Waals surface area contributed by atoms with Gasteiger partial charge in [0.15, 0.2) is 0 Å². The molecule has 0 aliphatic carbocycles. The molecule has 2 rings (SSSR count). The van der Waals surface area contributed by atoms with Gasteiger partial charge in [0.1, 0.15) is 11.3 Å². The minimum absolute atomic E-state index is 0.0516. The Labute approximate surface area is 105 Å².